The molecule has 3 nitrogen and oxygen atoms in total. The number of hydrogen-bond acceptors (Lipinski definition) is 3. The van der Waals surface area contributed by atoms with Gasteiger partial charge in [-0.15, -0.1) is 0 Å². The van der Waals surface area contributed by atoms with Gasteiger partial charge in [-0.05, 0) is 37.6 Å². The molecule has 0 spiro atoms. The average molecular weight is 308 g/mol. The van der Waals surface area contributed by atoms with E-state index in [9.17, 15) is 0 Å². The first-order chi connectivity index (χ1) is 8.74. The fourth-order valence-corrected chi connectivity index (χ4v) is 2.50. The zero-order valence-corrected chi connectivity index (χ0v) is 12.2. The Hall–Kier alpha value is -1.05. The summed E-state index contributed by atoms with van der Waals surface area (Å²) in [6, 6.07) is 8.78. The van der Waals surface area contributed by atoms with Gasteiger partial charge in [-0.2, -0.15) is 5.26 Å². The van der Waals surface area contributed by atoms with Crippen LogP contribution in [0, 0.1) is 11.3 Å². The van der Waals surface area contributed by atoms with Crippen molar-refractivity contribution in [1.29, 1.82) is 5.26 Å². The lowest BCUT2D eigenvalue weighted by Crippen LogP contribution is -2.30. The van der Waals surface area contributed by atoms with Crippen molar-refractivity contribution in [3.63, 3.8) is 0 Å². The highest BCUT2D eigenvalue weighted by Gasteiger charge is 2.27. The molecule has 0 saturated heterocycles. The number of halogens is 1. The van der Waals surface area contributed by atoms with Crippen LogP contribution in [0.5, 0.6) is 0 Å². The zero-order chi connectivity index (χ0) is 13.0. The lowest BCUT2D eigenvalue weighted by molar-refractivity contribution is 0.289. The van der Waals surface area contributed by atoms with E-state index in [4.69, 9.17) is 5.26 Å². The molecular formula is C14H18BrN3. The summed E-state index contributed by atoms with van der Waals surface area (Å²) >= 11 is 3.38. The van der Waals surface area contributed by atoms with E-state index in [1.165, 1.54) is 12.8 Å². The van der Waals surface area contributed by atoms with E-state index in [2.05, 4.69) is 39.1 Å². The van der Waals surface area contributed by atoms with Crippen LogP contribution in [-0.4, -0.2) is 30.6 Å². The SMILES string of the molecule is CCN(CCNc1ccc(Br)cc1C#N)C1CC1. The van der Waals surface area contributed by atoms with E-state index >= 15 is 0 Å². The van der Waals surface area contributed by atoms with Gasteiger partial charge in [0.15, 0.2) is 0 Å². The molecule has 0 unspecified atom stereocenters. The summed E-state index contributed by atoms with van der Waals surface area (Å²) in [5.41, 5.74) is 1.62. The van der Waals surface area contributed by atoms with Crippen LogP contribution in [0.1, 0.15) is 25.3 Å². The second-order valence-corrected chi connectivity index (χ2v) is 5.50. The molecule has 1 aromatic rings. The number of likely N-dealkylation sites (N-methyl/N-ethyl adjacent to an activating group) is 1. The Labute approximate surface area is 117 Å². The van der Waals surface area contributed by atoms with Crippen LogP contribution in [0.4, 0.5) is 5.69 Å². The van der Waals surface area contributed by atoms with E-state index in [-0.39, 0.29) is 0 Å². The van der Waals surface area contributed by atoms with Gasteiger partial charge >= 0.3 is 0 Å². The minimum absolute atomic E-state index is 0.693. The van der Waals surface area contributed by atoms with Crippen molar-refractivity contribution in [2.45, 2.75) is 25.8 Å². The van der Waals surface area contributed by atoms with Crippen LogP contribution in [0.3, 0.4) is 0 Å². The first-order valence-electron chi connectivity index (χ1n) is 6.42. The maximum Gasteiger partial charge on any atom is 0.101 e. The molecule has 0 amide bonds. The van der Waals surface area contributed by atoms with Gasteiger partial charge < -0.3 is 5.32 Å². The van der Waals surface area contributed by atoms with Crippen LogP contribution in [0.2, 0.25) is 0 Å². The molecule has 1 saturated carbocycles. The van der Waals surface area contributed by atoms with Crippen LogP contribution in [0.15, 0.2) is 22.7 Å². The summed E-state index contributed by atoms with van der Waals surface area (Å²) in [5, 5.41) is 12.4. The predicted molar refractivity (Wildman–Crippen MR) is 77.6 cm³/mol. The van der Waals surface area contributed by atoms with E-state index in [1.807, 2.05) is 18.2 Å². The Morgan fingerprint density at radius 3 is 2.89 bits per heavy atom. The molecule has 0 aliphatic heterocycles. The molecule has 0 bridgehead atoms. The van der Waals surface area contributed by atoms with Crippen molar-refractivity contribution in [3.05, 3.63) is 28.2 Å². The van der Waals surface area contributed by atoms with Crippen LogP contribution in [-0.2, 0) is 0 Å². The average Bonchev–Trinajstić information content (AvgIpc) is 3.20. The maximum absolute atomic E-state index is 9.07. The zero-order valence-electron chi connectivity index (χ0n) is 10.6. The molecule has 2 rings (SSSR count). The smallest absolute Gasteiger partial charge is 0.101 e. The lowest BCUT2D eigenvalue weighted by atomic mass is 10.2. The second-order valence-electron chi connectivity index (χ2n) is 4.59. The van der Waals surface area contributed by atoms with Gasteiger partial charge in [0.25, 0.3) is 0 Å². The number of rotatable bonds is 6. The molecule has 0 heterocycles. The third-order valence-electron chi connectivity index (χ3n) is 3.29. The topological polar surface area (TPSA) is 39.1 Å². The van der Waals surface area contributed by atoms with Crippen molar-refractivity contribution in [1.82, 2.24) is 4.90 Å². The molecular weight excluding hydrogens is 290 g/mol. The van der Waals surface area contributed by atoms with Gasteiger partial charge in [0, 0.05) is 23.6 Å². The van der Waals surface area contributed by atoms with E-state index < -0.39 is 0 Å². The minimum atomic E-state index is 0.693. The summed E-state index contributed by atoms with van der Waals surface area (Å²) in [5.74, 6) is 0. The van der Waals surface area contributed by atoms with Gasteiger partial charge in [-0.25, -0.2) is 0 Å². The lowest BCUT2D eigenvalue weighted by Gasteiger charge is -2.20. The van der Waals surface area contributed by atoms with Crippen molar-refractivity contribution >= 4 is 21.6 Å². The quantitative estimate of drug-likeness (QED) is 0.877. The van der Waals surface area contributed by atoms with Gasteiger partial charge in [-0.3, -0.25) is 4.90 Å². The van der Waals surface area contributed by atoms with Crippen molar-refractivity contribution < 1.29 is 0 Å². The third-order valence-corrected chi connectivity index (χ3v) is 3.78. The highest BCUT2D eigenvalue weighted by Crippen LogP contribution is 2.26. The number of nitrogens with one attached hydrogen (secondary N) is 1. The monoisotopic (exact) mass is 307 g/mol. The van der Waals surface area contributed by atoms with E-state index in [1.54, 1.807) is 0 Å². The Balaban J connectivity index is 1.88. The van der Waals surface area contributed by atoms with Crippen molar-refractivity contribution in [3.8, 4) is 6.07 Å². The number of anilines is 1. The minimum Gasteiger partial charge on any atom is -0.383 e. The predicted octanol–water partition coefficient (Wildman–Crippen LogP) is 3.22. The van der Waals surface area contributed by atoms with Gasteiger partial charge in [-0.1, -0.05) is 22.9 Å². The van der Waals surface area contributed by atoms with Crippen molar-refractivity contribution in [2.24, 2.45) is 0 Å². The molecule has 1 aliphatic rings. The van der Waals surface area contributed by atoms with Gasteiger partial charge in [0.2, 0.25) is 0 Å². The molecule has 0 radical (unpaired) electrons. The standard InChI is InChI=1S/C14H18BrN3/c1-2-18(13-4-5-13)8-7-17-14-6-3-12(15)9-11(14)10-16/h3,6,9,13,17H,2,4-5,7-8H2,1H3. The molecule has 96 valence electrons. The second kappa shape index (κ2) is 6.21. The summed E-state index contributed by atoms with van der Waals surface area (Å²) in [6.45, 7) is 5.25. The van der Waals surface area contributed by atoms with Gasteiger partial charge in [0.1, 0.15) is 6.07 Å². The number of nitriles is 1. The highest BCUT2D eigenvalue weighted by molar-refractivity contribution is 9.10. The molecule has 1 aliphatic carbocycles. The Bertz CT molecular complexity index is 449. The first kappa shape index (κ1) is 13.4. The maximum atomic E-state index is 9.07. The normalized spacial score (nSPS) is 14.6. The number of benzene rings is 1. The summed E-state index contributed by atoms with van der Waals surface area (Å²) in [6.07, 6.45) is 2.69. The molecule has 0 atom stereocenters. The van der Waals surface area contributed by atoms with Crippen LogP contribution < -0.4 is 5.32 Å². The summed E-state index contributed by atoms with van der Waals surface area (Å²) in [7, 11) is 0. The summed E-state index contributed by atoms with van der Waals surface area (Å²) in [4.78, 5) is 2.50. The molecule has 18 heavy (non-hydrogen) atoms. The first-order valence-corrected chi connectivity index (χ1v) is 7.21. The van der Waals surface area contributed by atoms with E-state index in [0.717, 1.165) is 35.8 Å². The summed E-state index contributed by atoms with van der Waals surface area (Å²) < 4.78 is 0.942. The Kier molecular flexibility index (Phi) is 4.62. The van der Waals surface area contributed by atoms with Crippen LogP contribution >= 0.6 is 15.9 Å². The Morgan fingerprint density at radius 2 is 2.28 bits per heavy atom. The highest BCUT2D eigenvalue weighted by atomic mass is 79.9. The fourth-order valence-electron chi connectivity index (χ4n) is 2.14. The van der Waals surface area contributed by atoms with Gasteiger partial charge in [0.05, 0.1) is 11.3 Å². The fraction of sp³-hybridized carbons (Fsp3) is 0.500. The molecule has 1 N–H and O–H groups in total. The van der Waals surface area contributed by atoms with Crippen LogP contribution in [0.25, 0.3) is 0 Å². The molecule has 4 heteroatoms. The van der Waals surface area contributed by atoms with E-state index in [0.29, 0.717) is 5.56 Å². The molecule has 1 fully saturated rings. The third kappa shape index (κ3) is 3.47. The molecule has 1 aromatic carbocycles. The number of nitrogens with zero attached hydrogens (tertiary/aromatic N) is 2. The largest absolute Gasteiger partial charge is 0.383 e. The number of hydrogen-bond donors (Lipinski definition) is 1. The van der Waals surface area contributed by atoms with Crippen molar-refractivity contribution in [2.75, 3.05) is 25.0 Å². The Morgan fingerprint density at radius 1 is 1.50 bits per heavy atom. The molecule has 0 aromatic heterocycles.